The molecule has 6 heteroatoms. The lowest BCUT2D eigenvalue weighted by atomic mass is 9.94. The number of aromatic amines is 1. The summed E-state index contributed by atoms with van der Waals surface area (Å²) >= 11 is 0. The van der Waals surface area contributed by atoms with Crippen LogP contribution >= 0.6 is 0 Å². The number of H-pyrrole nitrogens is 1. The van der Waals surface area contributed by atoms with Gasteiger partial charge in [-0.25, -0.2) is 0 Å². The first-order valence-electron chi connectivity index (χ1n) is 11.5. The number of ketones is 1. The van der Waals surface area contributed by atoms with Crippen molar-refractivity contribution in [1.82, 2.24) is 25.1 Å². The van der Waals surface area contributed by atoms with Crippen molar-refractivity contribution in [1.29, 1.82) is 0 Å². The van der Waals surface area contributed by atoms with Crippen LogP contribution < -0.4 is 5.32 Å². The molecule has 0 saturated carbocycles. The Bertz CT molecular complexity index is 1230. The summed E-state index contributed by atoms with van der Waals surface area (Å²) in [5, 5.41) is 13.4. The standard InChI is InChI=1S/C26H29N5O/c1-3-17-11-8-12-20-21(15-27-24(17)20)26(32)25(18-9-6-5-7-10-18)28-19-13-14-23-30-29-22(4-2)31(23)16-19/h5-12,15,19,25,27-28H,3-4,13-14,16H2,1-2H3. The van der Waals surface area contributed by atoms with Crippen molar-refractivity contribution in [2.24, 2.45) is 0 Å². The molecule has 0 fully saturated rings. The van der Waals surface area contributed by atoms with Crippen LogP contribution in [0.5, 0.6) is 0 Å². The van der Waals surface area contributed by atoms with Gasteiger partial charge in [-0.2, -0.15) is 0 Å². The van der Waals surface area contributed by atoms with Crippen LogP contribution in [0.1, 0.15) is 59.4 Å². The fourth-order valence-electron chi connectivity index (χ4n) is 4.86. The Kier molecular flexibility index (Phi) is 5.62. The summed E-state index contributed by atoms with van der Waals surface area (Å²) in [4.78, 5) is 17.3. The van der Waals surface area contributed by atoms with Crippen LogP contribution in [0.2, 0.25) is 0 Å². The lowest BCUT2D eigenvalue weighted by molar-refractivity contribution is 0.0932. The number of aryl methyl sites for hydroxylation is 3. The second-order valence-corrected chi connectivity index (χ2v) is 8.50. The van der Waals surface area contributed by atoms with Gasteiger partial charge < -0.3 is 9.55 Å². The zero-order valence-corrected chi connectivity index (χ0v) is 18.6. The van der Waals surface area contributed by atoms with Gasteiger partial charge in [-0.3, -0.25) is 10.1 Å². The smallest absolute Gasteiger partial charge is 0.186 e. The molecule has 6 nitrogen and oxygen atoms in total. The van der Waals surface area contributed by atoms with Gasteiger partial charge in [-0.15, -0.1) is 10.2 Å². The first-order chi connectivity index (χ1) is 15.7. The van der Waals surface area contributed by atoms with E-state index < -0.39 is 6.04 Å². The van der Waals surface area contributed by atoms with E-state index in [-0.39, 0.29) is 11.8 Å². The summed E-state index contributed by atoms with van der Waals surface area (Å²) in [6.07, 6.45) is 5.46. The highest BCUT2D eigenvalue weighted by Crippen LogP contribution is 2.28. The number of benzene rings is 2. The molecule has 5 rings (SSSR count). The summed E-state index contributed by atoms with van der Waals surface area (Å²) in [5.74, 6) is 2.16. The maximum Gasteiger partial charge on any atom is 0.186 e. The van der Waals surface area contributed by atoms with Crippen LogP contribution in [0.3, 0.4) is 0 Å². The number of para-hydroxylation sites is 1. The molecular formula is C26H29N5O. The maximum atomic E-state index is 13.9. The molecule has 1 aliphatic heterocycles. The molecule has 32 heavy (non-hydrogen) atoms. The van der Waals surface area contributed by atoms with Crippen molar-refractivity contribution in [2.45, 2.75) is 58.2 Å². The van der Waals surface area contributed by atoms with Crippen LogP contribution in [0.25, 0.3) is 10.9 Å². The van der Waals surface area contributed by atoms with Crippen LogP contribution in [-0.4, -0.2) is 31.6 Å². The monoisotopic (exact) mass is 427 g/mol. The number of nitrogens with one attached hydrogen (secondary N) is 2. The predicted molar refractivity (Wildman–Crippen MR) is 126 cm³/mol. The first kappa shape index (κ1) is 20.6. The maximum absolute atomic E-state index is 13.9. The number of carbonyl (C=O) groups excluding carboxylic acids is 1. The highest BCUT2D eigenvalue weighted by atomic mass is 16.1. The average molecular weight is 428 g/mol. The van der Waals surface area contributed by atoms with Gasteiger partial charge in [0.2, 0.25) is 0 Å². The van der Waals surface area contributed by atoms with Crippen LogP contribution in [0.4, 0.5) is 0 Å². The molecule has 2 atom stereocenters. The Morgan fingerprint density at radius 3 is 2.75 bits per heavy atom. The van der Waals surface area contributed by atoms with Gasteiger partial charge in [0.05, 0.1) is 6.04 Å². The lowest BCUT2D eigenvalue weighted by Crippen LogP contribution is -2.42. The third kappa shape index (κ3) is 3.65. The zero-order valence-electron chi connectivity index (χ0n) is 18.6. The van der Waals surface area contributed by atoms with Gasteiger partial charge in [0.15, 0.2) is 5.78 Å². The minimum absolute atomic E-state index is 0.0981. The van der Waals surface area contributed by atoms with E-state index in [1.165, 1.54) is 5.56 Å². The van der Waals surface area contributed by atoms with E-state index in [0.29, 0.717) is 0 Å². The van der Waals surface area contributed by atoms with Crippen LogP contribution in [0.15, 0.2) is 54.7 Å². The Morgan fingerprint density at radius 2 is 1.97 bits per heavy atom. The predicted octanol–water partition coefficient (Wildman–Crippen LogP) is 4.41. The second kappa shape index (κ2) is 8.71. The van der Waals surface area contributed by atoms with Crippen molar-refractivity contribution in [3.63, 3.8) is 0 Å². The molecule has 0 aliphatic carbocycles. The van der Waals surface area contributed by atoms with E-state index >= 15 is 0 Å². The number of nitrogens with zero attached hydrogens (tertiary/aromatic N) is 3. The summed E-state index contributed by atoms with van der Waals surface area (Å²) in [6.45, 7) is 5.03. The second-order valence-electron chi connectivity index (χ2n) is 8.50. The molecule has 2 aromatic carbocycles. The Morgan fingerprint density at radius 1 is 1.12 bits per heavy atom. The number of Topliss-reactive ketones (excluding diaryl/α,β-unsaturated/α-hetero) is 1. The van der Waals surface area contributed by atoms with E-state index in [2.05, 4.69) is 45.0 Å². The molecule has 3 heterocycles. The first-order valence-corrected chi connectivity index (χ1v) is 11.5. The minimum atomic E-state index is -0.409. The van der Waals surface area contributed by atoms with Gasteiger partial charge in [0.1, 0.15) is 11.6 Å². The van der Waals surface area contributed by atoms with Crippen LogP contribution in [-0.2, 0) is 25.8 Å². The van der Waals surface area contributed by atoms with E-state index in [9.17, 15) is 4.79 Å². The summed E-state index contributed by atoms with van der Waals surface area (Å²) in [6, 6.07) is 16.0. The van der Waals surface area contributed by atoms with Crippen molar-refractivity contribution < 1.29 is 4.79 Å². The number of carbonyl (C=O) groups is 1. The molecule has 2 unspecified atom stereocenters. The number of hydrogen-bond donors (Lipinski definition) is 2. The summed E-state index contributed by atoms with van der Waals surface area (Å²) in [5.41, 5.74) is 4.02. The normalized spacial score (nSPS) is 16.8. The van der Waals surface area contributed by atoms with E-state index in [4.69, 9.17) is 0 Å². The fourth-order valence-corrected chi connectivity index (χ4v) is 4.86. The SMILES string of the molecule is CCc1cccc2c(C(=O)C(NC3CCc4nnc(CC)n4C3)c3ccccc3)c[nH]c12. The number of fused-ring (bicyclic) bond motifs is 2. The zero-order chi connectivity index (χ0) is 22.1. The number of hydrogen-bond acceptors (Lipinski definition) is 4. The van der Waals surface area contributed by atoms with Gasteiger partial charge in [-0.1, -0.05) is 62.4 Å². The van der Waals surface area contributed by atoms with Crippen molar-refractivity contribution in [2.75, 3.05) is 0 Å². The molecule has 0 radical (unpaired) electrons. The van der Waals surface area contributed by atoms with Gasteiger partial charge >= 0.3 is 0 Å². The average Bonchev–Trinajstić information content (AvgIpc) is 3.46. The molecule has 1 aliphatic rings. The largest absolute Gasteiger partial charge is 0.360 e. The quantitative estimate of drug-likeness (QED) is 0.428. The Balaban J connectivity index is 1.48. The molecule has 0 bridgehead atoms. The molecule has 2 aromatic heterocycles. The molecule has 2 N–H and O–H groups in total. The topological polar surface area (TPSA) is 75.6 Å². The van der Waals surface area contributed by atoms with Gasteiger partial charge in [-0.05, 0) is 24.0 Å². The van der Waals surface area contributed by atoms with Gasteiger partial charge in [0, 0.05) is 48.1 Å². The Hall–Kier alpha value is -3.25. The Labute approximate surface area is 188 Å². The lowest BCUT2D eigenvalue weighted by Gasteiger charge is -2.29. The van der Waals surface area contributed by atoms with Gasteiger partial charge in [0.25, 0.3) is 0 Å². The number of rotatable bonds is 7. The summed E-state index contributed by atoms with van der Waals surface area (Å²) < 4.78 is 2.22. The fraction of sp³-hybridized carbons (Fsp3) is 0.346. The molecule has 0 saturated heterocycles. The molecule has 164 valence electrons. The third-order valence-corrected chi connectivity index (χ3v) is 6.59. The van der Waals surface area contributed by atoms with Crippen LogP contribution in [0, 0.1) is 0 Å². The van der Waals surface area contributed by atoms with Crippen molar-refractivity contribution in [3.8, 4) is 0 Å². The van der Waals surface area contributed by atoms with Crippen molar-refractivity contribution >= 4 is 16.7 Å². The molecule has 0 amide bonds. The third-order valence-electron chi connectivity index (χ3n) is 6.59. The van der Waals surface area contributed by atoms with Crippen molar-refractivity contribution in [3.05, 3.63) is 83.1 Å². The molecule has 0 spiro atoms. The van der Waals surface area contributed by atoms with E-state index in [0.717, 1.165) is 65.9 Å². The molecular weight excluding hydrogens is 398 g/mol. The van der Waals surface area contributed by atoms with E-state index in [1.54, 1.807) is 0 Å². The molecule has 4 aromatic rings. The highest BCUT2D eigenvalue weighted by Gasteiger charge is 2.30. The summed E-state index contributed by atoms with van der Waals surface area (Å²) in [7, 11) is 0. The minimum Gasteiger partial charge on any atom is -0.360 e. The number of aromatic nitrogens is 4. The van der Waals surface area contributed by atoms with E-state index in [1.807, 2.05) is 48.7 Å². The highest BCUT2D eigenvalue weighted by molar-refractivity contribution is 6.11.